The first-order chi connectivity index (χ1) is 14.6. The maximum Gasteiger partial charge on any atom is 0.276 e. The van der Waals surface area contributed by atoms with Crippen molar-refractivity contribution in [3.8, 4) is 16.7 Å². The van der Waals surface area contributed by atoms with E-state index in [0.717, 1.165) is 23.9 Å². The fraction of sp³-hybridized carbons (Fsp3) is 0.318. The third-order valence-electron chi connectivity index (χ3n) is 5.41. The summed E-state index contributed by atoms with van der Waals surface area (Å²) in [5, 5.41) is 4.61. The number of aromatic nitrogens is 2. The minimum absolute atomic E-state index is 0.0474. The van der Waals surface area contributed by atoms with Crippen LogP contribution in [0.4, 0.5) is 0 Å². The SMILES string of the molecule is Cc1ccc(C)c2sc(OC3CCN(C(=O)c4cc(-c5ccco5)on4)CC3)nc12. The van der Waals surface area contributed by atoms with Crippen LogP contribution in [0.25, 0.3) is 21.7 Å². The summed E-state index contributed by atoms with van der Waals surface area (Å²) >= 11 is 1.59. The summed E-state index contributed by atoms with van der Waals surface area (Å²) in [5.41, 5.74) is 3.67. The number of likely N-dealkylation sites (tertiary alicyclic amines) is 1. The van der Waals surface area contributed by atoms with E-state index in [2.05, 4.69) is 36.1 Å². The number of hydrogen-bond donors (Lipinski definition) is 0. The normalized spacial score (nSPS) is 15.1. The third kappa shape index (κ3) is 3.47. The van der Waals surface area contributed by atoms with Crippen LogP contribution in [0.1, 0.15) is 34.5 Å². The van der Waals surface area contributed by atoms with Crippen LogP contribution in [-0.4, -0.2) is 40.1 Å². The van der Waals surface area contributed by atoms with E-state index in [1.54, 1.807) is 40.7 Å². The second-order valence-electron chi connectivity index (χ2n) is 7.52. The van der Waals surface area contributed by atoms with E-state index >= 15 is 0 Å². The molecule has 4 heterocycles. The van der Waals surface area contributed by atoms with E-state index in [1.165, 1.54) is 10.3 Å². The average molecular weight is 423 g/mol. The number of hydrogen-bond acceptors (Lipinski definition) is 7. The van der Waals surface area contributed by atoms with Crippen molar-refractivity contribution in [2.24, 2.45) is 0 Å². The van der Waals surface area contributed by atoms with E-state index < -0.39 is 0 Å². The summed E-state index contributed by atoms with van der Waals surface area (Å²) in [7, 11) is 0. The Hall–Kier alpha value is -3.13. The molecule has 0 bridgehead atoms. The van der Waals surface area contributed by atoms with Gasteiger partial charge in [0.2, 0.25) is 5.76 Å². The molecule has 0 saturated carbocycles. The van der Waals surface area contributed by atoms with E-state index in [0.29, 0.717) is 29.8 Å². The molecule has 1 aliphatic heterocycles. The highest BCUT2D eigenvalue weighted by Crippen LogP contribution is 2.33. The van der Waals surface area contributed by atoms with Crippen molar-refractivity contribution in [3.05, 3.63) is 53.4 Å². The summed E-state index contributed by atoms with van der Waals surface area (Å²) in [4.78, 5) is 19.2. The van der Waals surface area contributed by atoms with Gasteiger partial charge >= 0.3 is 0 Å². The van der Waals surface area contributed by atoms with E-state index in [1.807, 2.05) is 0 Å². The number of amides is 1. The van der Waals surface area contributed by atoms with Crippen LogP contribution in [0, 0.1) is 13.8 Å². The Labute approximate surface area is 177 Å². The van der Waals surface area contributed by atoms with Gasteiger partial charge in [-0.2, -0.15) is 0 Å². The van der Waals surface area contributed by atoms with Gasteiger partial charge in [-0.05, 0) is 37.1 Å². The van der Waals surface area contributed by atoms with Crippen LogP contribution in [0.2, 0.25) is 0 Å². The minimum Gasteiger partial charge on any atom is -0.467 e. The van der Waals surface area contributed by atoms with Crippen LogP contribution >= 0.6 is 11.3 Å². The van der Waals surface area contributed by atoms with Gasteiger partial charge in [0.25, 0.3) is 11.1 Å². The zero-order valence-corrected chi connectivity index (χ0v) is 17.6. The number of rotatable bonds is 4. The van der Waals surface area contributed by atoms with Gasteiger partial charge in [0.1, 0.15) is 6.10 Å². The predicted molar refractivity (Wildman–Crippen MR) is 113 cm³/mol. The Bertz CT molecular complexity index is 1150. The van der Waals surface area contributed by atoms with E-state index in [-0.39, 0.29) is 17.7 Å². The molecule has 30 heavy (non-hydrogen) atoms. The van der Waals surface area contributed by atoms with Gasteiger partial charge in [0.05, 0.1) is 16.5 Å². The zero-order valence-electron chi connectivity index (χ0n) is 16.8. The lowest BCUT2D eigenvalue weighted by atomic mass is 10.1. The van der Waals surface area contributed by atoms with Gasteiger partial charge in [0, 0.05) is 32.0 Å². The lowest BCUT2D eigenvalue weighted by molar-refractivity contribution is 0.0586. The van der Waals surface area contributed by atoms with Crippen LogP contribution in [0.5, 0.6) is 5.19 Å². The molecule has 154 valence electrons. The largest absolute Gasteiger partial charge is 0.467 e. The third-order valence-corrected chi connectivity index (χ3v) is 6.49. The van der Waals surface area contributed by atoms with E-state index in [4.69, 9.17) is 13.7 Å². The first-order valence-corrected chi connectivity index (χ1v) is 10.7. The van der Waals surface area contributed by atoms with E-state index in [9.17, 15) is 4.79 Å². The fourth-order valence-electron chi connectivity index (χ4n) is 3.68. The lowest BCUT2D eigenvalue weighted by Gasteiger charge is -2.31. The van der Waals surface area contributed by atoms with Crippen LogP contribution < -0.4 is 4.74 Å². The molecule has 4 aromatic rings. The molecule has 0 unspecified atom stereocenters. The van der Waals surface area contributed by atoms with Gasteiger partial charge in [-0.3, -0.25) is 4.79 Å². The molecule has 0 spiro atoms. The smallest absolute Gasteiger partial charge is 0.276 e. The zero-order chi connectivity index (χ0) is 20.7. The molecular formula is C22H21N3O4S. The number of carbonyl (C=O) groups is 1. The lowest BCUT2D eigenvalue weighted by Crippen LogP contribution is -2.41. The highest BCUT2D eigenvalue weighted by atomic mass is 32.1. The minimum atomic E-state index is -0.138. The van der Waals surface area contributed by atoms with Gasteiger partial charge in [-0.1, -0.05) is 28.6 Å². The number of fused-ring (bicyclic) bond motifs is 1. The van der Waals surface area contributed by atoms with Gasteiger partial charge in [-0.25, -0.2) is 4.98 Å². The van der Waals surface area contributed by atoms with Crippen LogP contribution in [0.3, 0.4) is 0 Å². The van der Waals surface area contributed by atoms with Crippen molar-refractivity contribution in [2.45, 2.75) is 32.8 Å². The number of furan rings is 1. The summed E-state index contributed by atoms with van der Waals surface area (Å²) < 4.78 is 17.9. The second-order valence-corrected chi connectivity index (χ2v) is 8.48. The summed E-state index contributed by atoms with van der Waals surface area (Å²) in [6.07, 6.45) is 3.11. The van der Waals surface area contributed by atoms with Gasteiger partial charge in [0.15, 0.2) is 11.5 Å². The number of aryl methyl sites for hydroxylation is 2. The molecule has 1 amide bonds. The fourth-order valence-corrected chi connectivity index (χ4v) is 4.71. The maximum atomic E-state index is 12.8. The molecule has 7 nitrogen and oxygen atoms in total. The van der Waals surface area contributed by atoms with Crippen molar-refractivity contribution >= 4 is 27.5 Å². The number of ether oxygens (including phenoxy) is 1. The molecule has 1 aliphatic rings. The summed E-state index contributed by atoms with van der Waals surface area (Å²) in [5.74, 6) is 0.860. The van der Waals surface area contributed by atoms with Crippen molar-refractivity contribution in [1.82, 2.24) is 15.0 Å². The number of benzene rings is 1. The van der Waals surface area contributed by atoms with Crippen molar-refractivity contribution in [3.63, 3.8) is 0 Å². The van der Waals surface area contributed by atoms with Crippen LogP contribution in [-0.2, 0) is 0 Å². The molecule has 1 aromatic carbocycles. The molecule has 8 heteroatoms. The molecule has 0 N–H and O–H groups in total. The monoisotopic (exact) mass is 423 g/mol. The number of piperidine rings is 1. The molecular weight excluding hydrogens is 402 g/mol. The van der Waals surface area contributed by atoms with Gasteiger partial charge in [-0.15, -0.1) is 0 Å². The Kier molecular flexibility index (Phi) is 4.78. The Morgan fingerprint density at radius 3 is 2.70 bits per heavy atom. The first-order valence-electron chi connectivity index (χ1n) is 9.92. The predicted octanol–water partition coefficient (Wildman–Crippen LogP) is 4.84. The molecule has 1 fully saturated rings. The number of thiazole rings is 1. The molecule has 0 aliphatic carbocycles. The number of nitrogens with zero attached hydrogens (tertiary/aromatic N) is 3. The maximum absolute atomic E-state index is 12.8. The average Bonchev–Trinajstić information content (AvgIpc) is 3.51. The summed E-state index contributed by atoms with van der Waals surface area (Å²) in [6.45, 7) is 5.37. The molecule has 1 saturated heterocycles. The van der Waals surface area contributed by atoms with Gasteiger partial charge < -0.3 is 18.6 Å². The highest BCUT2D eigenvalue weighted by Gasteiger charge is 2.27. The Balaban J connectivity index is 1.22. The van der Waals surface area contributed by atoms with Crippen molar-refractivity contribution < 1.29 is 18.5 Å². The van der Waals surface area contributed by atoms with Crippen molar-refractivity contribution in [1.29, 1.82) is 0 Å². The van der Waals surface area contributed by atoms with Crippen LogP contribution in [0.15, 0.2) is 45.5 Å². The molecule has 0 atom stereocenters. The molecule has 0 radical (unpaired) electrons. The Morgan fingerprint density at radius 1 is 1.17 bits per heavy atom. The number of carbonyl (C=O) groups excluding carboxylic acids is 1. The first kappa shape index (κ1) is 18.9. The molecule has 3 aromatic heterocycles. The Morgan fingerprint density at radius 2 is 1.97 bits per heavy atom. The molecule has 5 rings (SSSR count). The van der Waals surface area contributed by atoms with Crippen molar-refractivity contribution in [2.75, 3.05) is 13.1 Å². The summed E-state index contributed by atoms with van der Waals surface area (Å²) in [6, 6.07) is 9.35. The topological polar surface area (TPSA) is 81.6 Å². The highest BCUT2D eigenvalue weighted by molar-refractivity contribution is 7.20. The standard InChI is InChI=1S/C22H21N3O4S/c1-13-5-6-14(2)20-19(13)23-22(30-20)28-15-7-9-25(10-8-15)21(26)16-12-18(29-24-16)17-4-3-11-27-17/h3-6,11-12,15H,7-10H2,1-2H3. The second kappa shape index (κ2) is 7.60. The quantitative estimate of drug-likeness (QED) is 0.467.